The first kappa shape index (κ1) is 9.79. The maximum atomic E-state index is 5.46. The predicted octanol–water partition coefficient (Wildman–Crippen LogP) is 2.86. The number of hydrogen-bond donors (Lipinski definition) is 1. The van der Waals surface area contributed by atoms with Crippen LogP contribution in [-0.4, -0.2) is 6.54 Å². The van der Waals surface area contributed by atoms with Gasteiger partial charge in [-0.25, -0.2) is 0 Å². The molecule has 0 saturated heterocycles. The fourth-order valence-electron chi connectivity index (χ4n) is 2.04. The van der Waals surface area contributed by atoms with Crippen molar-refractivity contribution in [2.45, 2.75) is 45.4 Å². The molecule has 2 N–H and O–H groups in total. The van der Waals surface area contributed by atoms with Crippen LogP contribution in [0.1, 0.15) is 45.4 Å². The van der Waals surface area contributed by atoms with Crippen molar-refractivity contribution >= 4 is 0 Å². The molecule has 0 radical (unpaired) electrons. The van der Waals surface area contributed by atoms with E-state index in [1.807, 2.05) is 0 Å². The van der Waals surface area contributed by atoms with Crippen molar-refractivity contribution in [1.82, 2.24) is 0 Å². The fourth-order valence-corrected chi connectivity index (χ4v) is 2.04. The van der Waals surface area contributed by atoms with E-state index < -0.39 is 0 Å². The highest BCUT2D eigenvalue weighted by molar-refractivity contribution is 5.04. The Hall–Kier alpha value is -0.300. The molecule has 12 heavy (non-hydrogen) atoms. The Bertz CT molecular complexity index is 143. The lowest BCUT2D eigenvalue weighted by molar-refractivity contribution is 0.402. The van der Waals surface area contributed by atoms with Gasteiger partial charge in [-0.15, -0.1) is 0 Å². The Morgan fingerprint density at radius 2 is 2.00 bits per heavy atom. The van der Waals surface area contributed by atoms with E-state index >= 15 is 0 Å². The lowest BCUT2D eigenvalue weighted by Crippen LogP contribution is -2.07. The average molecular weight is 167 g/mol. The van der Waals surface area contributed by atoms with E-state index in [1.165, 1.54) is 32.1 Å². The average Bonchev–Trinajstić information content (AvgIpc) is 2.15. The van der Waals surface area contributed by atoms with Crippen LogP contribution in [0.5, 0.6) is 0 Å². The zero-order valence-corrected chi connectivity index (χ0v) is 8.18. The summed E-state index contributed by atoms with van der Waals surface area (Å²) in [6.07, 6.45) is 10.5. The van der Waals surface area contributed by atoms with Crippen LogP contribution in [-0.2, 0) is 0 Å². The summed E-state index contributed by atoms with van der Waals surface area (Å²) in [7, 11) is 0. The summed E-state index contributed by atoms with van der Waals surface area (Å²) in [4.78, 5) is 0. The molecule has 1 heteroatoms. The molecular weight excluding hydrogens is 146 g/mol. The van der Waals surface area contributed by atoms with E-state index in [0.29, 0.717) is 0 Å². The van der Waals surface area contributed by atoms with E-state index in [9.17, 15) is 0 Å². The third-order valence-corrected chi connectivity index (χ3v) is 2.88. The summed E-state index contributed by atoms with van der Waals surface area (Å²) < 4.78 is 0. The van der Waals surface area contributed by atoms with E-state index in [-0.39, 0.29) is 0 Å². The first-order valence-corrected chi connectivity index (χ1v) is 5.21. The van der Waals surface area contributed by atoms with Crippen molar-refractivity contribution in [2.24, 2.45) is 11.7 Å². The first-order chi connectivity index (χ1) is 5.84. The maximum Gasteiger partial charge on any atom is -0.00425 e. The summed E-state index contributed by atoms with van der Waals surface area (Å²) in [5.41, 5.74) is 7.05. The topological polar surface area (TPSA) is 26.0 Å². The number of rotatable bonds is 3. The minimum atomic E-state index is 0.796. The highest BCUT2D eigenvalue weighted by Crippen LogP contribution is 2.29. The largest absolute Gasteiger partial charge is 0.330 e. The fraction of sp³-hybridized carbons (Fsp3) is 0.818. The van der Waals surface area contributed by atoms with Gasteiger partial charge in [0.05, 0.1) is 0 Å². The summed E-state index contributed by atoms with van der Waals surface area (Å²) in [5.74, 6) is 0.880. The van der Waals surface area contributed by atoms with Gasteiger partial charge in [-0.05, 0) is 38.6 Å². The molecule has 0 heterocycles. The van der Waals surface area contributed by atoms with Gasteiger partial charge in [-0.3, -0.25) is 0 Å². The standard InChI is InChI=1S/C11H21N/c1-10(6-5-9-12)11-7-3-2-4-8-11/h6,11H,2-5,7-9,12H2,1H3. The zero-order valence-electron chi connectivity index (χ0n) is 8.18. The Labute approximate surface area is 76.0 Å². The predicted molar refractivity (Wildman–Crippen MR) is 54.0 cm³/mol. The van der Waals surface area contributed by atoms with Crippen LogP contribution in [0, 0.1) is 5.92 Å². The summed E-state index contributed by atoms with van der Waals surface area (Å²) in [5, 5.41) is 0. The van der Waals surface area contributed by atoms with Crippen LogP contribution in [0.3, 0.4) is 0 Å². The summed E-state index contributed by atoms with van der Waals surface area (Å²) >= 11 is 0. The molecule has 0 bridgehead atoms. The van der Waals surface area contributed by atoms with Crippen molar-refractivity contribution in [1.29, 1.82) is 0 Å². The normalized spacial score (nSPS) is 21.3. The minimum absolute atomic E-state index is 0.796. The molecule has 0 aromatic heterocycles. The number of allylic oxidation sites excluding steroid dienone is 1. The lowest BCUT2D eigenvalue weighted by atomic mass is 9.84. The molecule has 0 unspecified atom stereocenters. The highest BCUT2D eigenvalue weighted by atomic mass is 14.5. The second kappa shape index (κ2) is 5.36. The van der Waals surface area contributed by atoms with Gasteiger partial charge in [0.1, 0.15) is 0 Å². The van der Waals surface area contributed by atoms with Crippen molar-refractivity contribution in [3.05, 3.63) is 11.6 Å². The van der Waals surface area contributed by atoms with Crippen molar-refractivity contribution < 1.29 is 0 Å². The van der Waals surface area contributed by atoms with Gasteiger partial charge in [0.25, 0.3) is 0 Å². The van der Waals surface area contributed by atoms with Crippen LogP contribution in [0.2, 0.25) is 0 Å². The van der Waals surface area contributed by atoms with E-state index in [4.69, 9.17) is 5.73 Å². The molecule has 0 spiro atoms. The second-order valence-corrected chi connectivity index (χ2v) is 3.86. The Kier molecular flexibility index (Phi) is 4.37. The molecule has 70 valence electrons. The van der Waals surface area contributed by atoms with Gasteiger partial charge in [-0.2, -0.15) is 0 Å². The lowest BCUT2D eigenvalue weighted by Gasteiger charge is -2.22. The minimum Gasteiger partial charge on any atom is -0.330 e. The Morgan fingerprint density at radius 1 is 1.33 bits per heavy atom. The molecule has 0 aromatic rings. The molecule has 1 nitrogen and oxygen atoms in total. The molecule has 1 rings (SSSR count). The molecule has 1 saturated carbocycles. The van der Waals surface area contributed by atoms with Crippen molar-refractivity contribution in [3.8, 4) is 0 Å². The van der Waals surface area contributed by atoms with Gasteiger partial charge >= 0.3 is 0 Å². The third-order valence-electron chi connectivity index (χ3n) is 2.88. The van der Waals surface area contributed by atoms with E-state index in [2.05, 4.69) is 13.0 Å². The SMILES string of the molecule is CC(=CCCN)C1CCCCC1. The molecule has 1 aliphatic carbocycles. The van der Waals surface area contributed by atoms with Crippen LogP contribution in [0.4, 0.5) is 0 Å². The van der Waals surface area contributed by atoms with Crippen LogP contribution in [0.25, 0.3) is 0 Å². The van der Waals surface area contributed by atoms with Crippen LogP contribution >= 0.6 is 0 Å². The monoisotopic (exact) mass is 167 g/mol. The van der Waals surface area contributed by atoms with Gasteiger partial charge < -0.3 is 5.73 Å². The quantitative estimate of drug-likeness (QED) is 0.643. The van der Waals surface area contributed by atoms with Crippen molar-refractivity contribution in [3.63, 3.8) is 0 Å². The molecule has 1 fully saturated rings. The molecule has 0 amide bonds. The van der Waals surface area contributed by atoms with Crippen LogP contribution in [0.15, 0.2) is 11.6 Å². The highest BCUT2D eigenvalue weighted by Gasteiger charge is 2.13. The molecule has 0 aliphatic heterocycles. The van der Waals surface area contributed by atoms with Crippen molar-refractivity contribution in [2.75, 3.05) is 6.54 Å². The molecule has 1 aliphatic rings. The third kappa shape index (κ3) is 2.98. The number of nitrogens with two attached hydrogens (primary N) is 1. The first-order valence-electron chi connectivity index (χ1n) is 5.21. The Morgan fingerprint density at radius 3 is 2.58 bits per heavy atom. The molecule has 0 atom stereocenters. The van der Waals surface area contributed by atoms with E-state index in [1.54, 1.807) is 5.57 Å². The van der Waals surface area contributed by atoms with Gasteiger partial charge in [0.2, 0.25) is 0 Å². The molecule has 0 aromatic carbocycles. The summed E-state index contributed by atoms with van der Waals surface area (Å²) in [6.45, 7) is 3.07. The summed E-state index contributed by atoms with van der Waals surface area (Å²) in [6, 6.07) is 0. The Balaban J connectivity index is 2.33. The van der Waals surface area contributed by atoms with E-state index in [0.717, 1.165) is 18.9 Å². The van der Waals surface area contributed by atoms with Gasteiger partial charge in [0, 0.05) is 0 Å². The smallest absolute Gasteiger partial charge is 0.00425 e. The molecular formula is C11H21N. The zero-order chi connectivity index (χ0) is 8.81. The second-order valence-electron chi connectivity index (χ2n) is 3.86. The maximum absolute atomic E-state index is 5.46. The van der Waals surface area contributed by atoms with Gasteiger partial charge in [-0.1, -0.05) is 30.9 Å². The van der Waals surface area contributed by atoms with Crippen LogP contribution < -0.4 is 5.73 Å². The number of hydrogen-bond acceptors (Lipinski definition) is 1. The van der Waals surface area contributed by atoms with Gasteiger partial charge in [0.15, 0.2) is 0 Å².